The van der Waals surface area contributed by atoms with Crippen molar-refractivity contribution in [2.45, 2.75) is 23.5 Å². The van der Waals surface area contributed by atoms with E-state index in [0.717, 1.165) is 0 Å². The van der Waals surface area contributed by atoms with Crippen LogP contribution in [0.4, 0.5) is 35.1 Å². The van der Waals surface area contributed by atoms with Crippen LogP contribution in [0.5, 0.6) is 0 Å². The molecule has 0 N–H and O–H groups in total. The molecule has 0 fully saturated rings. The first-order chi connectivity index (χ1) is 6.69. The normalized spacial score (nSPS) is 14.7. The predicted octanol–water partition coefficient (Wildman–Crippen LogP) is -1.34. The van der Waals surface area contributed by atoms with E-state index in [-0.39, 0.29) is 29.6 Å². The first kappa shape index (κ1) is 19.7. The second kappa shape index (κ2) is 5.15. The fourth-order valence-electron chi connectivity index (χ4n) is 0.488. The van der Waals surface area contributed by atoms with Crippen LogP contribution in [0, 0.1) is 0 Å². The molecule has 0 rings (SSSR count). The van der Waals surface area contributed by atoms with Gasteiger partial charge in [-0.15, -0.1) is 0 Å². The quantitative estimate of drug-likeness (QED) is 0.367. The van der Waals surface area contributed by atoms with Crippen LogP contribution in [-0.4, -0.2) is 36.5 Å². The van der Waals surface area contributed by atoms with Gasteiger partial charge in [0.1, 0.15) is 0 Å². The smallest absolute Gasteiger partial charge is 0.743 e. The Morgan fingerprint density at radius 2 is 1.24 bits per heavy atom. The summed E-state index contributed by atoms with van der Waals surface area (Å²) in [5.41, 5.74) is 0. The SMILES string of the molecule is O=S(=O)([O-])C(F)(F)C(F)(F)C(F)(F)C(F)F.[Na+]. The van der Waals surface area contributed by atoms with E-state index in [0.29, 0.717) is 0 Å². The van der Waals surface area contributed by atoms with Crippen LogP contribution in [0.1, 0.15) is 0 Å². The molecular formula is C4HF8NaO3S. The summed E-state index contributed by atoms with van der Waals surface area (Å²) in [5, 5.41) is -6.85. The first-order valence-electron chi connectivity index (χ1n) is 3.06. The summed E-state index contributed by atoms with van der Waals surface area (Å²) in [6.07, 6.45) is -5.27. The predicted molar refractivity (Wildman–Crippen MR) is 30.5 cm³/mol. The maximum absolute atomic E-state index is 12.2. The van der Waals surface area contributed by atoms with Gasteiger partial charge in [0.25, 0.3) is 0 Å². The molecule has 0 amide bonds. The van der Waals surface area contributed by atoms with Gasteiger partial charge in [-0.2, -0.15) is 26.3 Å². The van der Waals surface area contributed by atoms with Crippen LogP contribution in [0.3, 0.4) is 0 Å². The molecule has 0 aliphatic rings. The minimum absolute atomic E-state index is 0. The Morgan fingerprint density at radius 1 is 0.941 bits per heavy atom. The van der Waals surface area contributed by atoms with Crippen molar-refractivity contribution in [3.05, 3.63) is 0 Å². The molecule has 0 radical (unpaired) electrons. The summed E-state index contributed by atoms with van der Waals surface area (Å²) in [7, 11) is -7.22. The van der Waals surface area contributed by atoms with Gasteiger partial charge in [-0.25, -0.2) is 17.2 Å². The van der Waals surface area contributed by atoms with Crippen LogP contribution in [0.15, 0.2) is 0 Å². The van der Waals surface area contributed by atoms with Gasteiger partial charge in [0.2, 0.25) is 0 Å². The van der Waals surface area contributed by atoms with E-state index in [2.05, 4.69) is 0 Å². The number of hydrogen-bond donors (Lipinski definition) is 0. The Kier molecular flexibility index (Phi) is 5.96. The summed E-state index contributed by atoms with van der Waals surface area (Å²) < 4.78 is 124. The van der Waals surface area contributed by atoms with Gasteiger partial charge in [0.05, 0.1) is 0 Å². The van der Waals surface area contributed by atoms with Gasteiger partial charge < -0.3 is 4.55 Å². The van der Waals surface area contributed by atoms with Crippen molar-refractivity contribution in [3.63, 3.8) is 0 Å². The molecule has 17 heavy (non-hydrogen) atoms. The molecule has 0 aromatic heterocycles. The van der Waals surface area contributed by atoms with E-state index in [1.54, 1.807) is 0 Å². The summed E-state index contributed by atoms with van der Waals surface area (Å²) in [5.74, 6) is -13.7. The first-order valence-corrected chi connectivity index (χ1v) is 4.47. The van der Waals surface area contributed by atoms with Crippen molar-refractivity contribution in [1.82, 2.24) is 0 Å². The van der Waals surface area contributed by atoms with E-state index in [1.165, 1.54) is 0 Å². The van der Waals surface area contributed by atoms with Crippen molar-refractivity contribution in [2.75, 3.05) is 0 Å². The van der Waals surface area contributed by atoms with Crippen molar-refractivity contribution in [1.29, 1.82) is 0 Å². The van der Waals surface area contributed by atoms with Crippen molar-refractivity contribution in [2.24, 2.45) is 0 Å². The van der Waals surface area contributed by atoms with Crippen molar-refractivity contribution < 1.29 is 77.7 Å². The number of hydrogen-bond acceptors (Lipinski definition) is 3. The Balaban J connectivity index is 0. The third-order valence-corrected chi connectivity index (χ3v) is 2.26. The van der Waals surface area contributed by atoms with Gasteiger partial charge in [-0.1, -0.05) is 0 Å². The third kappa shape index (κ3) is 3.03. The van der Waals surface area contributed by atoms with Crippen LogP contribution < -0.4 is 29.6 Å². The molecule has 0 aliphatic heterocycles. The number of rotatable bonds is 4. The number of alkyl halides is 8. The minimum Gasteiger partial charge on any atom is -0.743 e. The number of halogens is 8. The molecule has 0 heterocycles. The van der Waals surface area contributed by atoms with E-state index in [1.807, 2.05) is 0 Å². The summed E-state index contributed by atoms with van der Waals surface area (Å²) in [6, 6.07) is 0. The Bertz CT molecular complexity index is 365. The molecule has 0 atom stereocenters. The molecular weight excluding hydrogens is 303 g/mol. The van der Waals surface area contributed by atoms with E-state index in [9.17, 15) is 48.1 Å². The van der Waals surface area contributed by atoms with Gasteiger partial charge in [0.15, 0.2) is 10.1 Å². The molecule has 0 aromatic rings. The van der Waals surface area contributed by atoms with E-state index in [4.69, 9.17) is 0 Å². The summed E-state index contributed by atoms with van der Waals surface area (Å²) in [4.78, 5) is 0. The summed E-state index contributed by atoms with van der Waals surface area (Å²) in [6.45, 7) is 0. The molecule has 0 unspecified atom stereocenters. The Hall–Kier alpha value is 0.350. The molecule has 98 valence electrons. The maximum atomic E-state index is 12.2. The topological polar surface area (TPSA) is 57.2 Å². The zero-order chi connectivity index (χ0) is 13.6. The minimum atomic E-state index is -7.22. The van der Waals surface area contributed by atoms with Gasteiger partial charge in [-0.05, 0) is 0 Å². The molecule has 13 heteroatoms. The van der Waals surface area contributed by atoms with Gasteiger partial charge in [-0.3, -0.25) is 0 Å². The average molecular weight is 304 g/mol. The Labute approximate surface area is 111 Å². The Morgan fingerprint density at radius 3 is 1.41 bits per heavy atom. The zero-order valence-electron chi connectivity index (χ0n) is 7.73. The molecule has 0 aromatic carbocycles. The molecule has 0 saturated heterocycles. The van der Waals surface area contributed by atoms with Gasteiger partial charge >= 0.3 is 53.1 Å². The average Bonchev–Trinajstić information content (AvgIpc) is 2.00. The molecule has 0 aliphatic carbocycles. The fourth-order valence-corrected chi connectivity index (χ4v) is 0.938. The zero-order valence-corrected chi connectivity index (χ0v) is 10.6. The third-order valence-electron chi connectivity index (χ3n) is 1.37. The second-order valence-corrected chi connectivity index (χ2v) is 3.89. The molecule has 0 saturated carbocycles. The van der Waals surface area contributed by atoms with Crippen LogP contribution >= 0.6 is 0 Å². The van der Waals surface area contributed by atoms with Gasteiger partial charge in [0, 0.05) is 0 Å². The van der Waals surface area contributed by atoms with Crippen LogP contribution in [-0.2, 0) is 10.1 Å². The second-order valence-electron chi connectivity index (χ2n) is 2.47. The largest absolute Gasteiger partial charge is 1.00 e. The van der Waals surface area contributed by atoms with Crippen LogP contribution in [0.2, 0.25) is 0 Å². The van der Waals surface area contributed by atoms with E-state index < -0.39 is 33.6 Å². The fraction of sp³-hybridized carbons (Fsp3) is 1.00. The van der Waals surface area contributed by atoms with E-state index >= 15 is 0 Å². The standard InChI is InChI=1S/C4H2F8O3S.Na/c5-1(6)2(7,8)3(9,10)4(11,12)16(13,14)15;/h1H,(H,13,14,15);/q;+1/p-1. The summed E-state index contributed by atoms with van der Waals surface area (Å²) >= 11 is 0. The molecule has 3 nitrogen and oxygen atoms in total. The molecule has 0 spiro atoms. The maximum Gasteiger partial charge on any atom is 1.00 e. The van der Waals surface area contributed by atoms with Crippen LogP contribution in [0.25, 0.3) is 0 Å². The van der Waals surface area contributed by atoms with Crippen molar-refractivity contribution in [3.8, 4) is 0 Å². The monoisotopic (exact) mass is 304 g/mol. The molecule has 0 bridgehead atoms. The van der Waals surface area contributed by atoms with Crippen molar-refractivity contribution >= 4 is 10.1 Å².